The number of ether oxygens (including phenoxy) is 1. The molecule has 3 nitrogen and oxygen atoms in total. The maximum Gasteiger partial charge on any atom is 0.0588 e. The number of likely N-dealkylation sites (tertiary alicyclic amines) is 1. The first-order valence-corrected chi connectivity index (χ1v) is 6.67. The molecule has 0 aromatic heterocycles. The average Bonchev–Trinajstić information content (AvgIpc) is 2.72. The molecule has 102 valence electrons. The number of piperidine rings is 1. The Bertz CT molecular complexity index is 229. The van der Waals surface area contributed by atoms with E-state index in [2.05, 4.69) is 18.7 Å². The van der Waals surface area contributed by atoms with Crippen LogP contribution in [-0.2, 0) is 4.74 Å². The monoisotopic (exact) mass is 262 g/mol. The molecule has 2 rings (SSSR count). The van der Waals surface area contributed by atoms with Gasteiger partial charge in [-0.3, -0.25) is 0 Å². The van der Waals surface area contributed by atoms with Gasteiger partial charge in [0.05, 0.1) is 6.10 Å². The molecule has 0 bridgehead atoms. The Labute approximate surface area is 111 Å². The zero-order valence-corrected chi connectivity index (χ0v) is 12.0. The molecule has 0 spiro atoms. The van der Waals surface area contributed by atoms with Crippen molar-refractivity contribution in [2.75, 3.05) is 26.2 Å². The molecule has 2 heterocycles. The van der Waals surface area contributed by atoms with Crippen LogP contribution in [0.4, 0.5) is 0 Å². The van der Waals surface area contributed by atoms with Crippen molar-refractivity contribution in [2.24, 2.45) is 11.1 Å². The number of hydrogen-bond acceptors (Lipinski definition) is 3. The molecule has 0 aromatic rings. The quantitative estimate of drug-likeness (QED) is 0.846. The number of halogens is 1. The van der Waals surface area contributed by atoms with Gasteiger partial charge in [0.1, 0.15) is 0 Å². The molecule has 0 saturated carbocycles. The van der Waals surface area contributed by atoms with Crippen molar-refractivity contribution >= 4 is 12.4 Å². The van der Waals surface area contributed by atoms with Crippen LogP contribution in [0.1, 0.15) is 39.5 Å². The molecule has 2 N–H and O–H groups in total. The first-order chi connectivity index (χ1) is 7.58. The van der Waals surface area contributed by atoms with E-state index in [1.54, 1.807) is 0 Å². The Morgan fingerprint density at radius 1 is 1.35 bits per heavy atom. The molecule has 2 aliphatic rings. The fourth-order valence-electron chi connectivity index (χ4n) is 2.87. The second-order valence-electron chi connectivity index (χ2n) is 6.08. The van der Waals surface area contributed by atoms with Gasteiger partial charge in [0.15, 0.2) is 0 Å². The lowest BCUT2D eigenvalue weighted by Crippen LogP contribution is -2.52. The van der Waals surface area contributed by atoms with Gasteiger partial charge in [0.25, 0.3) is 0 Å². The van der Waals surface area contributed by atoms with Gasteiger partial charge in [-0.05, 0) is 37.6 Å². The van der Waals surface area contributed by atoms with Crippen LogP contribution in [0.3, 0.4) is 0 Å². The first-order valence-electron chi connectivity index (χ1n) is 6.67. The van der Waals surface area contributed by atoms with Crippen LogP contribution in [-0.4, -0.2) is 43.3 Å². The van der Waals surface area contributed by atoms with Crippen molar-refractivity contribution in [2.45, 2.75) is 51.7 Å². The van der Waals surface area contributed by atoms with Crippen LogP contribution in [0.5, 0.6) is 0 Å². The van der Waals surface area contributed by atoms with Gasteiger partial charge in [-0.1, -0.05) is 13.8 Å². The Hall–Kier alpha value is 0.170. The summed E-state index contributed by atoms with van der Waals surface area (Å²) in [6, 6.07) is 0.367. The summed E-state index contributed by atoms with van der Waals surface area (Å²) >= 11 is 0. The summed E-state index contributed by atoms with van der Waals surface area (Å²) in [5.74, 6) is 0. The highest BCUT2D eigenvalue weighted by molar-refractivity contribution is 5.85. The third-order valence-electron chi connectivity index (χ3n) is 4.18. The minimum atomic E-state index is 0. The highest BCUT2D eigenvalue weighted by Gasteiger charge is 2.33. The molecule has 2 atom stereocenters. The predicted octanol–water partition coefficient (Wildman–Crippen LogP) is 2.04. The summed E-state index contributed by atoms with van der Waals surface area (Å²) in [7, 11) is 0. The average molecular weight is 263 g/mol. The van der Waals surface area contributed by atoms with Crippen LogP contribution in [0, 0.1) is 5.41 Å². The van der Waals surface area contributed by atoms with Crippen molar-refractivity contribution < 1.29 is 4.74 Å². The van der Waals surface area contributed by atoms with Crippen LogP contribution in [0.25, 0.3) is 0 Å². The smallest absolute Gasteiger partial charge is 0.0588 e. The molecule has 0 aromatic carbocycles. The number of nitrogens with zero attached hydrogens (tertiary/aromatic N) is 1. The van der Waals surface area contributed by atoms with E-state index in [9.17, 15) is 0 Å². The highest BCUT2D eigenvalue weighted by atomic mass is 35.5. The third-order valence-corrected chi connectivity index (χ3v) is 4.18. The van der Waals surface area contributed by atoms with Gasteiger partial charge in [-0.15, -0.1) is 12.4 Å². The predicted molar refractivity (Wildman–Crippen MR) is 73.7 cm³/mol. The zero-order chi connectivity index (χ0) is 11.6. The lowest BCUT2D eigenvalue weighted by molar-refractivity contribution is 0.0616. The standard InChI is InChI=1S/C13H26N2O.ClH/c1-13(2)10-15(8-6-12(13)14)7-5-11-4-3-9-16-11;/h11-12H,3-10,14H2,1-2H3;1H. The summed E-state index contributed by atoms with van der Waals surface area (Å²) in [4.78, 5) is 2.56. The lowest BCUT2D eigenvalue weighted by Gasteiger charge is -2.42. The second kappa shape index (κ2) is 6.37. The van der Waals surface area contributed by atoms with E-state index in [4.69, 9.17) is 10.5 Å². The van der Waals surface area contributed by atoms with Gasteiger partial charge >= 0.3 is 0 Å². The summed E-state index contributed by atoms with van der Waals surface area (Å²) in [6.45, 7) is 9.03. The van der Waals surface area contributed by atoms with E-state index in [1.807, 2.05) is 0 Å². The molecule has 0 amide bonds. The van der Waals surface area contributed by atoms with Gasteiger partial charge in [-0.2, -0.15) is 0 Å². The zero-order valence-electron chi connectivity index (χ0n) is 11.2. The summed E-state index contributed by atoms with van der Waals surface area (Å²) in [5.41, 5.74) is 6.41. The molecule has 2 aliphatic heterocycles. The van der Waals surface area contributed by atoms with E-state index in [1.165, 1.54) is 25.8 Å². The van der Waals surface area contributed by atoms with Crippen LogP contribution in [0.2, 0.25) is 0 Å². The molecular formula is C13H27ClN2O. The molecule has 2 fully saturated rings. The number of hydrogen-bond donors (Lipinski definition) is 1. The van der Waals surface area contributed by atoms with Crippen molar-refractivity contribution in [3.8, 4) is 0 Å². The van der Waals surface area contributed by atoms with Crippen molar-refractivity contribution in [1.29, 1.82) is 0 Å². The minimum absolute atomic E-state index is 0. The largest absolute Gasteiger partial charge is 0.378 e. The summed E-state index contributed by atoms with van der Waals surface area (Å²) < 4.78 is 5.67. The SMILES string of the molecule is CC1(C)CN(CCC2CCCO2)CCC1N.Cl. The van der Waals surface area contributed by atoms with E-state index in [0.717, 1.165) is 26.1 Å². The van der Waals surface area contributed by atoms with E-state index < -0.39 is 0 Å². The molecule has 2 unspecified atom stereocenters. The maximum absolute atomic E-state index is 6.14. The normalized spacial score (nSPS) is 33.4. The molecule has 0 aliphatic carbocycles. The second-order valence-corrected chi connectivity index (χ2v) is 6.08. The lowest BCUT2D eigenvalue weighted by atomic mass is 9.79. The van der Waals surface area contributed by atoms with E-state index in [0.29, 0.717) is 12.1 Å². The summed E-state index contributed by atoms with van der Waals surface area (Å²) in [6.07, 6.45) is 5.38. The van der Waals surface area contributed by atoms with E-state index >= 15 is 0 Å². The van der Waals surface area contributed by atoms with Crippen LogP contribution >= 0.6 is 12.4 Å². The number of rotatable bonds is 3. The summed E-state index contributed by atoms with van der Waals surface area (Å²) in [5, 5.41) is 0. The fourth-order valence-corrected chi connectivity index (χ4v) is 2.87. The Morgan fingerprint density at radius 2 is 2.12 bits per heavy atom. The van der Waals surface area contributed by atoms with Gasteiger partial charge < -0.3 is 15.4 Å². The van der Waals surface area contributed by atoms with E-state index in [-0.39, 0.29) is 17.8 Å². The Morgan fingerprint density at radius 3 is 2.71 bits per heavy atom. The van der Waals surface area contributed by atoms with Crippen molar-refractivity contribution in [1.82, 2.24) is 4.90 Å². The molecule has 0 radical (unpaired) electrons. The topological polar surface area (TPSA) is 38.5 Å². The van der Waals surface area contributed by atoms with Crippen molar-refractivity contribution in [3.63, 3.8) is 0 Å². The molecular weight excluding hydrogens is 236 g/mol. The Balaban J connectivity index is 0.00000144. The van der Waals surface area contributed by atoms with Gasteiger partial charge in [-0.25, -0.2) is 0 Å². The Kier molecular flexibility index (Phi) is 5.71. The fraction of sp³-hybridized carbons (Fsp3) is 1.00. The maximum atomic E-state index is 6.14. The van der Waals surface area contributed by atoms with Crippen LogP contribution < -0.4 is 5.73 Å². The molecule has 4 heteroatoms. The number of nitrogens with two attached hydrogens (primary N) is 1. The van der Waals surface area contributed by atoms with Crippen molar-refractivity contribution in [3.05, 3.63) is 0 Å². The first kappa shape index (κ1) is 15.2. The third kappa shape index (κ3) is 4.09. The molecule has 17 heavy (non-hydrogen) atoms. The minimum Gasteiger partial charge on any atom is -0.378 e. The van der Waals surface area contributed by atoms with Gasteiger partial charge in [0.2, 0.25) is 0 Å². The highest BCUT2D eigenvalue weighted by Crippen LogP contribution is 2.28. The van der Waals surface area contributed by atoms with Gasteiger partial charge in [0, 0.05) is 25.7 Å². The van der Waals surface area contributed by atoms with Crippen LogP contribution in [0.15, 0.2) is 0 Å². The molecule has 2 saturated heterocycles.